The fourth-order valence-electron chi connectivity index (χ4n) is 3.07. The second-order valence-corrected chi connectivity index (χ2v) is 6.74. The summed E-state index contributed by atoms with van der Waals surface area (Å²) in [5, 5.41) is 0. The molecule has 0 saturated carbocycles. The molecule has 0 bridgehead atoms. The fourth-order valence-corrected chi connectivity index (χ4v) is 3.91. The lowest BCUT2D eigenvalue weighted by Gasteiger charge is -2.42. The van der Waals surface area contributed by atoms with Crippen LogP contribution < -0.4 is 4.90 Å². The highest BCUT2D eigenvalue weighted by Crippen LogP contribution is 2.40. The first-order valence-corrected chi connectivity index (χ1v) is 8.56. The van der Waals surface area contributed by atoms with E-state index < -0.39 is 0 Å². The largest absolute Gasteiger partial charge is 0.371 e. The van der Waals surface area contributed by atoms with Crippen molar-refractivity contribution in [2.75, 3.05) is 18.0 Å². The lowest BCUT2D eigenvalue weighted by atomic mass is 9.74. The first kappa shape index (κ1) is 15.2. The predicted molar refractivity (Wildman–Crippen MR) is 88.2 cm³/mol. The van der Waals surface area contributed by atoms with Gasteiger partial charge in [0.2, 0.25) is 0 Å². The van der Waals surface area contributed by atoms with Gasteiger partial charge in [-0.25, -0.2) is 0 Å². The van der Waals surface area contributed by atoms with E-state index in [9.17, 15) is 0 Å². The maximum absolute atomic E-state index is 5.88. The van der Waals surface area contributed by atoms with Gasteiger partial charge in [-0.1, -0.05) is 32.8 Å². The number of alkyl halides is 1. The number of nitrogens with zero attached hydrogens (tertiary/aromatic N) is 1. The van der Waals surface area contributed by atoms with E-state index in [1.165, 1.54) is 54.5 Å². The van der Waals surface area contributed by atoms with Gasteiger partial charge in [0.15, 0.2) is 0 Å². The van der Waals surface area contributed by atoms with Crippen molar-refractivity contribution in [2.24, 2.45) is 5.41 Å². The van der Waals surface area contributed by atoms with E-state index in [0.717, 1.165) is 0 Å². The summed E-state index contributed by atoms with van der Waals surface area (Å²) in [4.78, 5) is 2.51. The third-order valence-electron chi connectivity index (χ3n) is 4.83. The number of hydrogen-bond donors (Lipinski definition) is 0. The normalized spacial score (nSPS) is 18.6. The molecular weight excluding hydrogens is 322 g/mol. The molecule has 0 spiro atoms. The van der Waals surface area contributed by atoms with E-state index in [-0.39, 0.29) is 0 Å². The third-order valence-corrected chi connectivity index (χ3v) is 5.77. The molecule has 1 saturated heterocycles. The van der Waals surface area contributed by atoms with Crippen LogP contribution in [0, 0.1) is 5.41 Å². The molecule has 1 aromatic carbocycles. The Bertz CT molecular complexity index is 419. The molecule has 0 aliphatic carbocycles. The van der Waals surface area contributed by atoms with Gasteiger partial charge in [0.25, 0.3) is 0 Å². The van der Waals surface area contributed by atoms with Crippen LogP contribution in [0.25, 0.3) is 0 Å². The molecule has 1 heterocycles. The van der Waals surface area contributed by atoms with E-state index >= 15 is 0 Å². The van der Waals surface area contributed by atoms with Crippen LogP contribution in [0.1, 0.15) is 45.1 Å². The fraction of sp³-hybridized carbons (Fsp3) is 0.625. The molecular formula is C16H23BrClN. The molecule has 0 unspecified atom stereocenters. The zero-order valence-corrected chi connectivity index (χ0v) is 14.2. The first-order chi connectivity index (χ1) is 9.14. The molecule has 2 rings (SSSR count). The highest BCUT2D eigenvalue weighted by Gasteiger charge is 2.31. The van der Waals surface area contributed by atoms with E-state index in [0.29, 0.717) is 11.3 Å². The predicted octanol–water partition coefficient (Wildman–Crippen LogP) is 5.59. The van der Waals surface area contributed by atoms with Crippen molar-refractivity contribution >= 4 is 33.2 Å². The summed E-state index contributed by atoms with van der Waals surface area (Å²) < 4.78 is 1.17. The minimum absolute atomic E-state index is 0.577. The summed E-state index contributed by atoms with van der Waals surface area (Å²) in [5.41, 5.74) is 3.07. The topological polar surface area (TPSA) is 3.24 Å². The Kier molecular flexibility index (Phi) is 5.19. The summed E-state index contributed by atoms with van der Waals surface area (Å²) in [6.07, 6.45) is 5.24. The van der Waals surface area contributed by atoms with Gasteiger partial charge in [-0.3, -0.25) is 0 Å². The average Bonchev–Trinajstić information content (AvgIpc) is 2.47. The Labute approximate surface area is 130 Å². The van der Waals surface area contributed by atoms with Crippen molar-refractivity contribution in [3.8, 4) is 0 Å². The standard InChI is InChI=1S/C16H23BrClN/c1-3-16(4-2)7-9-19(10-8-16)15-6-5-13(12-18)11-14(15)17/h5-6,11H,3-4,7-10,12H2,1-2H3. The Hall–Kier alpha value is -0.210. The number of rotatable bonds is 4. The van der Waals surface area contributed by atoms with Crippen molar-refractivity contribution in [3.63, 3.8) is 0 Å². The molecule has 1 aromatic rings. The summed E-state index contributed by atoms with van der Waals surface area (Å²) in [5.74, 6) is 0.577. The van der Waals surface area contributed by atoms with Crippen LogP contribution in [0.3, 0.4) is 0 Å². The molecule has 1 aliphatic heterocycles. The molecule has 1 aliphatic rings. The summed E-state index contributed by atoms with van der Waals surface area (Å²) in [7, 11) is 0. The first-order valence-electron chi connectivity index (χ1n) is 7.23. The van der Waals surface area contributed by atoms with Crippen LogP contribution in [-0.2, 0) is 5.88 Å². The van der Waals surface area contributed by atoms with Gasteiger partial charge in [-0.15, -0.1) is 11.6 Å². The van der Waals surface area contributed by atoms with Gasteiger partial charge in [-0.05, 0) is 51.9 Å². The highest BCUT2D eigenvalue weighted by molar-refractivity contribution is 9.10. The third kappa shape index (κ3) is 3.28. The number of benzene rings is 1. The average molecular weight is 345 g/mol. The molecule has 0 radical (unpaired) electrons. The number of anilines is 1. The van der Waals surface area contributed by atoms with Crippen LogP contribution in [-0.4, -0.2) is 13.1 Å². The molecule has 0 atom stereocenters. The molecule has 106 valence electrons. The molecule has 3 heteroatoms. The van der Waals surface area contributed by atoms with E-state index in [1.807, 2.05) is 0 Å². The number of hydrogen-bond acceptors (Lipinski definition) is 1. The van der Waals surface area contributed by atoms with Gasteiger partial charge < -0.3 is 4.90 Å². The van der Waals surface area contributed by atoms with Crippen molar-refractivity contribution < 1.29 is 0 Å². The Morgan fingerprint density at radius 3 is 2.32 bits per heavy atom. The molecule has 0 aromatic heterocycles. The molecule has 0 amide bonds. The van der Waals surface area contributed by atoms with Crippen LogP contribution in [0.2, 0.25) is 0 Å². The SMILES string of the molecule is CCC1(CC)CCN(c2ccc(CCl)cc2Br)CC1. The lowest BCUT2D eigenvalue weighted by Crippen LogP contribution is -2.39. The van der Waals surface area contributed by atoms with Crippen molar-refractivity contribution in [3.05, 3.63) is 28.2 Å². The zero-order chi connectivity index (χ0) is 13.9. The smallest absolute Gasteiger partial charge is 0.0510 e. The second kappa shape index (κ2) is 6.49. The van der Waals surface area contributed by atoms with E-state index in [2.05, 4.69) is 52.9 Å². The van der Waals surface area contributed by atoms with Gasteiger partial charge >= 0.3 is 0 Å². The minimum Gasteiger partial charge on any atom is -0.371 e. The second-order valence-electron chi connectivity index (χ2n) is 5.61. The quantitative estimate of drug-likeness (QED) is 0.643. The van der Waals surface area contributed by atoms with Crippen molar-refractivity contribution in [1.29, 1.82) is 0 Å². The van der Waals surface area contributed by atoms with Gasteiger partial charge in [0.1, 0.15) is 0 Å². The van der Waals surface area contributed by atoms with Crippen molar-refractivity contribution in [2.45, 2.75) is 45.4 Å². The molecule has 19 heavy (non-hydrogen) atoms. The maximum Gasteiger partial charge on any atom is 0.0510 e. The summed E-state index contributed by atoms with van der Waals surface area (Å²) >= 11 is 9.56. The molecule has 1 fully saturated rings. The molecule has 1 nitrogen and oxygen atoms in total. The lowest BCUT2D eigenvalue weighted by molar-refractivity contribution is 0.199. The molecule has 0 N–H and O–H groups in total. The maximum atomic E-state index is 5.88. The van der Waals surface area contributed by atoms with Crippen LogP contribution in [0.4, 0.5) is 5.69 Å². The summed E-state index contributed by atoms with van der Waals surface area (Å²) in [6.45, 7) is 7.01. The Morgan fingerprint density at radius 2 is 1.84 bits per heavy atom. The van der Waals surface area contributed by atoms with Crippen LogP contribution in [0.5, 0.6) is 0 Å². The summed E-state index contributed by atoms with van der Waals surface area (Å²) in [6, 6.07) is 6.48. The number of piperidine rings is 1. The van der Waals surface area contributed by atoms with Gasteiger partial charge in [-0.2, -0.15) is 0 Å². The zero-order valence-electron chi connectivity index (χ0n) is 11.9. The monoisotopic (exact) mass is 343 g/mol. The van der Waals surface area contributed by atoms with Crippen LogP contribution >= 0.6 is 27.5 Å². The van der Waals surface area contributed by atoms with E-state index in [1.54, 1.807) is 0 Å². The van der Waals surface area contributed by atoms with Gasteiger partial charge in [0, 0.05) is 23.4 Å². The minimum atomic E-state index is 0.577. The Morgan fingerprint density at radius 1 is 1.21 bits per heavy atom. The van der Waals surface area contributed by atoms with Crippen molar-refractivity contribution in [1.82, 2.24) is 0 Å². The van der Waals surface area contributed by atoms with Gasteiger partial charge in [0.05, 0.1) is 5.69 Å². The van der Waals surface area contributed by atoms with E-state index in [4.69, 9.17) is 11.6 Å². The Balaban J connectivity index is 2.09. The number of halogens is 2. The highest BCUT2D eigenvalue weighted by atomic mass is 79.9. The van der Waals surface area contributed by atoms with Crippen LogP contribution in [0.15, 0.2) is 22.7 Å².